The number of amides is 1. The standard InChI is InChI=1S/C24H19BrN2O4/c1-29-17-11-12-21(30-2)20(13-17)27-23(28)18-5-3-4-6-19(18)24-26-14-22(31-24)15-7-9-16(25)10-8-15/h3-14H,1-2H3,(H,27,28). The first kappa shape index (κ1) is 20.7. The van der Waals surface area contributed by atoms with E-state index >= 15 is 0 Å². The average molecular weight is 479 g/mol. The predicted molar refractivity (Wildman–Crippen MR) is 123 cm³/mol. The molecule has 0 atom stereocenters. The highest BCUT2D eigenvalue weighted by molar-refractivity contribution is 9.10. The molecular formula is C24H19BrN2O4. The molecule has 0 spiro atoms. The molecule has 0 radical (unpaired) electrons. The van der Waals surface area contributed by atoms with Crippen molar-refractivity contribution >= 4 is 27.5 Å². The van der Waals surface area contributed by atoms with Crippen LogP contribution in [0, 0.1) is 0 Å². The Morgan fingerprint density at radius 2 is 1.77 bits per heavy atom. The average Bonchev–Trinajstić information content (AvgIpc) is 3.29. The molecule has 0 unspecified atom stereocenters. The van der Waals surface area contributed by atoms with Crippen molar-refractivity contribution < 1.29 is 18.7 Å². The molecule has 1 N–H and O–H groups in total. The van der Waals surface area contributed by atoms with Gasteiger partial charge in [0.2, 0.25) is 5.89 Å². The maximum absolute atomic E-state index is 13.1. The van der Waals surface area contributed by atoms with Crippen molar-refractivity contribution in [2.24, 2.45) is 0 Å². The predicted octanol–water partition coefficient (Wildman–Crippen LogP) is 6.04. The van der Waals surface area contributed by atoms with Crippen LogP contribution in [0.4, 0.5) is 5.69 Å². The maximum Gasteiger partial charge on any atom is 0.256 e. The summed E-state index contributed by atoms with van der Waals surface area (Å²) in [5.41, 5.74) is 2.41. The number of carbonyl (C=O) groups excluding carboxylic acids is 1. The van der Waals surface area contributed by atoms with E-state index in [1.807, 2.05) is 30.3 Å². The molecule has 0 saturated carbocycles. The molecule has 0 fully saturated rings. The SMILES string of the molecule is COc1ccc(OC)c(NC(=O)c2ccccc2-c2ncc(-c3ccc(Br)cc3)o2)c1. The monoisotopic (exact) mass is 478 g/mol. The molecule has 6 nitrogen and oxygen atoms in total. The van der Waals surface area contributed by atoms with Crippen LogP contribution in [0.3, 0.4) is 0 Å². The van der Waals surface area contributed by atoms with Gasteiger partial charge in [0.05, 0.1) is 31.7 Å². The lowest BCUT2D eigenvalue weighted by Gasteiger charge is -2.13. The number of anilines is 1. The Labute approximate surface area is 188 Å². The van der Waals surface area contributed by atoms with Crippen molar-refractivity contribution in [1.29, 1.82) is 0 Å². The number of benzene rings is 3. The van der Waals surface area contributed by atoms with E-state index in [0.29, 0.717) is 40.0 Å². The van der Waals surface area contributed by atoms with Crippen molar-refractivity contribution in [3.05, 3.63) is 83.0 Å². The summed E-state index contributed by atoms with van der Waals surface area (Å²) in [5.74, 6) is 1.80. The highest BCUT2D eigenvalue weighted by atomic mass is 79.9. The number of nitrogens with one attached hydrogen (secondary N) is 1. The van der Waals surface area contributed by atoms with Crippen molar-refractivity contribution in [3.63, 3.8) is 0 Å². The normalized spacial score (nSPS) is 10.5. The molecule has 156 valence electrons. The van der Waals surface area contributed by atoms with Gasteiger partial charge in [-0.15, -0.1) is 0 Å². The lowest BCUT2D eigenvalue weighted by Crippen LogP contribution is -2.14. The molecule has 0 aliphatic carbocycles. The summed E-state index contributed by atoms with van der Waals surface area (Å²) in [6.07, 6.45) is 1.65. The van der Waals surface area contributed by atoms with Crippen LogP contribution in [0.1, 0.15) is 10.4 Å². The topological polar surface area (TPSA) is 73.6 Å². The third kappa shape index (κ3) is 4.46. The minimum absolute atomic E-state index is 0.314. The molecule has 31 heavy (non-hydrogen) atoms. The van der Waals surface area contributed by atoms with Gasteiger partial charge in [0, 0.05) is 21.7 Å². The molecule has 1 amide bonds. The molecule has 0 bridgehead atoms. The minimum Gasteiger partial charge on any atom is -0.497 e. The second-order valence-corrected chi connectivity index (χ2v) is 7.52. The zero-order chi connectivity index (χ0) is 21.8. The van der Waals surface area contributed by atoms with Crippen LogP contribution >= 0.6 is 15.9 Å². The Kier molecular flexibility index (Phi) is 6.04. The van der Waals surface area contributed by atoms with E-state index in [1.54, 1.807) is 56.8 Å². The molecule has 0 aliphatic rings. The van der Waals surface area contributed by atoms with Gasteiger partial charge in [0.25, 0.3) is 5.91 Å². The number of rotatable bonds is 6. The number of hydrogen-bond acceptors (Lipinski definition) is 5. The third-order valence-corrected chi connectivity index (χ3v) is 5.22. The third-order valence-electron chi connectivity index (χ3n) is 4.69. The molecular weight excluding hydrogens is 460 g/mol. The number of halogens is 1. The van der Waals surface area contributed by atoms with Crippen LogP contribution in [-0.2, 0) is 0 Å². The Morgan fingerprint density at radius 3 is 2.52 bits per heavy atom. The Hall–Kier alpha value is -3.58. The first-order valence-electron chi connectivity index (χ1n) is 9.43. The highest BCUT2D eigenvalue weighted by Gasteiger charge is 2.18. The molecule has 1 heterocycles. The van der Waals surface area contributed by atoms with Gasteiger partial charge in [-0.3, -0.25) is 4.79 Å². The van der Waals surface area contributed by atoms with Gasteiger partial charge in [-0.2, -0.15) is 0 Å². The number of nitrogens with zero attached hydrogens (tertiary/aromatic N) is 1. The number of ether oxygens (including phenoxy) is 2. The Morgan fingerprint density at radius 1 is 1.00 bits per heavy atom. The van der Waals surface area contributed by atoms with Crippen LogP contribution < -0.4 is 14.8 Å². The van der Waals surface area contributed by atoms with Crippen molar-refractivity contribution in [2.75, 3.05) is 19.5 Å². The fourth-order valence-corrected chi connectivity index (χ4v) is 3.38. The molecule has 0 saturated heterocycles. The number of hydrogen-bond donors (Lipinski definition) is 1. The van der Waals surface area contributed by atoms with Gasteiger partial charge < -0.3 is 19.2 Å². The summed E-state index contributed by atoms with van der Waals surface area (Å²) in [7, 11) is 3.11. The van der Waals surface area contributed by atoms with Gasteiger partial charge in [-0.25, -0.2) is 4.98 Å². The number of carbonyl (C=O) groups is 1. The van der Waals surface area contributed by atoms with Gasteiger partial charge in [-0.05, 0) is 36.4 Å². The lowest BCUT2D eigenvalue weighted by molar-refractivity contribution is 0.102. The summed E-state index contributed by atoms with van der Waals surface area (Å²) in [6.45, 7) is 0. The van der Waals surface area contributed by atoms with E-state index in [9.17, 15) is 4.79 Å². The fraction of sp³-hybridized carbons (Fsp3) is 0.0833. The molecule has 1 aromatic heterocycles. The second kappa shape index (κ2) is 9.06. The largest absolute Gasteiger partial charge is 0.497 e. The quantitative estimate of drug-likeness (QED) is 0.365. The summed E-state index contributed by atoms with van der Waals surface area (Å²) in [4.78, 5) is 17.5. The summed E-state index contributed by atoms with van der Waals surface area (Å²) < 4.78 is 17.5. The number of aromatic nitrogens is 1. The number of oxazole rings is 1. The minimum atomic E-state index is -0.314. The van der Waals surface area contributed by atoms with E-state index in [-0.39, 0.29) is 5.91 Å². The van der Waals surface area contributed by atoms with Gasteiger partial charge in [-0.1, -0.05) is 40.2 Å². The zero-order valence-electron chi connectivity index (χ0n) is 16.9. The van der Waals surface area contributed by atoms with Crippen LogP contribution in [0.5, 0.6) is 11.5 Å². The summed E-state index contributed by atoms with van der Waals surface area (Å²) in [6, 6.07) is 20.1. The smallest absolute Gasteiger partial charge is 0.256 e. The molecule has 3 aromatic carbocycles. The zero-order valence-corrected chi connectivity index (χ0v) is 18.5. The molecule has 4 rings (SSSR count). The summed E-state index contributed by atoms with van der Waals surface area (Å²) >= 11 is 3.42. The number of methoxy groups -OCH3 is 2. The van der Waals surface area contributed by atoms with Crippen LogP contribution in [0.2, 0.25) is 0 Å². The highest BCUT2D eigenvalue weighted by Crippen LogP contribution is 2.32. The van der Waals surface area contributed by atoms with E-state index < -0.39 is 0 Å². The Bertz CT molecular complexity index is 1220. The second-order valence-electron chi connectivity index (χ2n) is 6.60. The first-order chi connectivity index (χ1) is 15.1. The van der Waals surface area contributed by atoms with Crippen molar-refractivity contribution in [2.45, 2.75) is 0 Å². The van der Waals surface area contributed by atoms with Crippen LogP contribution in [-0.4, -0.2) is 25.1 Å². The molecule has 0 aliphatic heterocycles. The van der Waals surface area contributed by atoms with E-state index in [4.69, 9.17) is 13.9 Å². The van der Waals surface area contributed by atoms with E-state index in [0.717, 1.165) is 10.0 Å². The van der Waals surface area contributed by atoms with Gasteiger partial charge in [0.1, 0.15) is 11.5 Å². The van der Waals surface area contributed by atoms with Crippen molar-refractivity contribution in [1.82, 2.24) is 4.98 Å². The van der Waals surface area contributed by atoms with Crippen LogP contribution in [0.25, 0.3) is 22.8 Å². The van der Waals surface area contributed by atoms with Gasteiger partial charge >= 0.3 is 0 Å². The molecule has 7 heteroatoms. The van der Waals surface area contributed by atoms with E-state index in [1.165, 1.54) is 0 Å². The first-order valence-corrected chi connectivity index (χ1v) is 10.2. The maximum atomic E-state index is 13.1. The van der Waals surface area contributed by atoms with Crippen LogP contribution in [0.15, 0.2) is 81.8 Å². The lowest BCUT2D eigenvalue weighted by atomic mass is 10.1. The Balaban J connectivity index is 1.65. The van der Waals surface area contributed by atoms with Crippen molar-refractivity contribution in [3.8, 4) is 34.3 Å². The van der Waals surface area contributed by atoms with Gasteiger partial charge in [0.15, 0.2) is 5.76 Å². The van der Waals surface area contributed by atoms with E-state index in [2.05, 4.69) is 26.2 Å². The molecule has 4 aromatic rings. The fourth-order valence-electron chi connectivity index (χ4n) is 3.12. The summed E-state index contributed by atoms with van der Waals surface area (Å²) in [5, 5.41) is 2.89.